The van der Waals surface area contributed by atoms with E-state index in [1.54, 1.807) is 18.0 Å². The van der Waals surface area contributed by atoms with E-state index in [1.807, 2.05) is 31.2 Å². The molecule has 2 aromatic rings. The Morgan fingerprint density at radius 3 is 2.61 bits per heavy atom. The first-order chi connectivity index (χ1) is 8.49. The maximum Gasteiger partial charge on any atom is 0.268 e. The Morgan fingerprint density at radius 2 is 2.06 bits per heavy atom. The summed E-state index contributed by atoms with van der Waals surface area (Å²) in [6, 6.07) is 9.27. The second kappa shape index (κ2) is 5.12. The quantitative estimate of drug-likeness (QED) is 0.856. The van der Waals surface area contributed by atoms with E-state index in [1.165, 1.54) is 11.3 Å². The van der Waals surface area contributed by atoms with E-state index in [2.05, 4.69) is 15.9 Å². The Kier molecular flexibility index (Phi) is 3.73. The summed E-state index contributed by atoms with van der Waals surface area (Å²) >= 11 is 4.84. The summed E-state index contributed by atoms with van der Waals surface area (Å²) in [5, 5.41) is 0. The summed E-state index contributed by atoms with van der Waals surface area (Å²) in [6.45, 7) is 1.98. The second-order valence-electron chi connectivity index (χ2n) is 3.98. The first-order valence-electron chi connectivity index (χ1n) is 5.38. The van der Waals surface area contributed by atoms with Crippen LogP contribution in [0.2, 0.25) is 0 Å². The van der Waals surface area contributed by atoms with Crippen molar-refractivity contribution in [2.24, 2.45) is 0 Å². The fourth-order valence-corrected chi connectivity index (χ4v) is 2.88. The van der Waals surface area contributed by atoms with Crippen LogP contribution < -0.4 is 10.6 Å². The van der Waals surface area contributed by atoms with Crippen molar-refractivity contribution in [2.75, 3.05) is 17.7 Å². The van der Waals surface area contributed by atoms with Gasteiger partial charge in [0.2, 0.25) is 0 Å². The maximum absolute atomic E-state index is 12.3. The molecule has 1 heterocycles. The minimum atomic E-state index is -0.0397. The Balaban J connectivity index is 2.31. The van der Waals surface area contributed by atoms with Gasteiger partial charge in [0.1, 0.15) is 0 Å². The van der Waals surface area contributed by atoms with Gasteiger partial charge in [-0.25, -0.2) is 0 Å². The monoisotopic (exact) mass is 324 g/mol. The summed E-state index contributed by atoms with van der Waals surface area (Å²) in [5.74, 6) is -0.0397. The second-order valence-corrected chi connectivity index (χ2v) is 6.18. The standard InChI is InChI=1S/C13H13BrN2OS/c1-8-3-6-12(18-8)13(17)16(2)11-5-4-9(14)7-10(11)15/h3-7H,15H2,1-2H3. The normalized spacial score (nSPS) is 10.4. The van der Waals surface area contributed by atoms with Gasteiger partial charge in [-0.3, -0.25) is 4.79 Å². The van der Waals surface area contributed by atoms with Gasteiger partial charge in [0.25, 0.3) is 5.91 Å². The zero-order valence-corrected chi connectivity index (χ0v) is 12.5. The van der Waals surface area contributed by atoms with Crippen molar-refractivity contribution in [2.45, 2.75) is 6.92 Å². The molecule has 1 aromatic carbocycles. The molecule has 0 bridgehead atoms. The van der Waals surface area contributed by atoms with Crippen molar-refractivity contribution in [1.82, 2.24) is 0 Å². The van der Waals surface area contributed by atoms with E-state index < -0.39 is 0 Å². The van der Waals surface area contributed by atoms with Gasteiger partial charge in [-0.15, -0.1) is 11.3 Å². The lowest BCUT2D eigenvalue weighted by molar-refractivity contribution is 0.0997. The van der Waals surface area contributed by atoms with Crippen LogP contribution in [0, 0.1) is 6.92 Å². The first-order valence-corrected chi connectivity index (χ1v) is 6.99. The molecule has 3 nitrogen and oxygen atoms in total. The number of anilines is 2. The van der Waals surface area contributed by atoms with Crippen LogP contribution in [0.1, 0.15) is 14.5 Å². The van der Waals surface area contributed by atoms with Crippen molar-refractivity contribution >= 4 is 44.5 Å². The zero-order chi connectivity index (χ0) is 13.3. The van der Waals surface area contributed by atoms with E-state index in [-0.39, 0.29) is 5.91 Å². The Labute approximate surface area is 118 Å². The van der Waals surface area contributed by atoms with Gasteiger partial charge >= 0.3 is 0 Å². The molecule has 0 atom stereocenters. The third-order valence-electron chi connectivity index (χ3n) is 2.61. The highest BCUT2D eigenvalue weighted by Gasteiger charge is 2.17. The van der Waals surface area contributed by atoms with E-state index in [0.29, 0.717) is 11.4 Å². The molecule has 0 aliphatic carbocycles. The largest absolute Gasteiger partial charge is 0.397 e. The molecule has 2 rings (SSSR count). The molecule has 1 amide bonds. The van der Waals surface area contributed by atoms with E-state index in [4.69, 9.17) is 5.73 Å². The van der Waals surface area contributed by atoms with Crippen molar-refractivity contribution in [3.8, 4) is 0 Å². The topological polar surface area (TPSA) is 46.3 Å². The van der Waals surface area contributed by atoms with Crippen LogP contribution in [0.15, 0.2) is 34.8 Å². The van der Waals surface area contributed by atoms with Gasteiger partial charge in [-0.2, -0.15) is 0 Å². The van der Waals surface area contributed by atoms with Crippen molar-refractivity contribution in [1.29, 1.82) is 0 Å². The molecule has 94 valence electrons. The van der Waals surface area contributed by atoms with Gasteiger partial charge in [-0.05, 0) is 37.3 Å². The van der Waals surface area contributed by atoms with Crippen LogP contribution in [0.3, 0.4) is 0 Å². The highest BCUT2D eigenvalue weighted by Crippen LogP contribution is 2.28. The average molecular weight is 325 g/mol. The van der Waals surface area contributed by atoms with Gasteiger partial charge in [0.05, 0.1) is 16.3 Å². The van der Waals surface area contributed by atoms with Crippen LogP contribution in [0.4, 0.5) is 11.4 Å². The first kappa shape index (κ1) is 13.1. The summed E-state index contributed by atoms with van der Waals surface area (Å²) in [5.41, 5.74) is 7.22. The number of carbonyl (C=O) groups is 1. The number of carbonyl (C=O) groups excluding carboxylic acids is 1. The smallest absolute Gasteiger partial charge is 0.268 e. The van der Waals surface area contributed by atoms with Crippen LogP contribution >= 0.6 is 27.3 Å². The minimum Gasteiger partial charge on any atom is -0.397 e. The summed E-state index contributed by atoms with van der Waals surface area (Å²) in [7, 11) is 1.73. The molecule has 0 saturated carbocycles. The number of halogens is 1. The number of aryl methyl sites for hydroxylation is 1. The molecule has 0 saturated heterocycles. The molecule has 0 aliphatic heterocycles. The number of nitrogens with two attached hydrogens (primary N) is 1. The Bertz CT molecular complexity index is 594. The van der Waals surface area contributed by atoms with Crippen molar-refractivity contribution in [3.05, 3.63) is 44.6 Å². The van der Waals surface area contributed by atoms with Crippen molar-refractivity contribution < 1.29 is 4.79 Å². The molecule has 1 aromatic heterocycles. The maximum atomic E-state index is 12.3. The summed E-state index contributed by atoms with van der Waals surface area (Å²) in [6.07, 6.45) is 0. The number of nitrogens with zero attached hydrogens (tertiary/aromatic N) is 1. The molecule has 0 spiro atoms. The summed E-state index contributed by atoms with van der Waals surface area (Å²) in [4.78, 5) is 15.7. The highest BCUT2D eigenvalue weighted by atomic mass is 79.9. The Hall–Kier alpha value is -1.33. The van der Waals surface area contributed by atoms with E-state index in [9.17, 15) is 4.79 Å². The highest BCUT2D eigenvalue weighted by molar-refractivity contribution is 9.10. The molecule has 0 aliphatic rings. The van der Waals surface area contributed by atoms with Crippen LogP contribution in [-0.4, -0.2) is 13.0 Å². The van der Waals surface area contributed by atoms with Gasteiger partial charge in [0, 0.05) is 16.4 Å². The van der Waals surface area contributed by atoms with Gasteiger partial charge in [-0.1, -0.05) is 15.9 Å². The molecule has 0 radical (unpaired) electrons. The van der Waals surface area contributed by atoms with Gasteiger partial charge < -0.3 is 10.6 Å². The van der Waals surface area contributed by atoms with E-state index >= 15 is 0 Å². The number of rotatable bonds is 2. The van der Waals surface area contributed by atoms with E-state index in [0.717, 1.165) is 14.2 Å². The number of nitrogen functional groups attached to an aromatic ring is 1. The molecule has 0 unspecified atom stereocenters. The van der Waals surface area contributed by atoms with Gasteiger partial charge in [0.15, 0.2) is 0 Å². The van der Waals surface area contributed by atoms with Crippen LogP contribution in [0.25, 0.3) is 0 Å². The third kappa shape index (κ3) is 2.57. The Morgan fingerprint density at radius 1 is 1.33 bits per heavy atom. The van der Waals surface area contributed by atoms with Crippen LogP contribution in [0.5, 0.6) is 0 Å². The lowest BCUT2D eigenvalue weighted by Gasteiger charge is -2.18. The zero-order valence-electron chi connectivity index (χ0n) is 10.1. The summed E-state index contributed by atoms with van der Waals surface area (Å²) < 4.78 is 0.900. The number of thiophene rings is 1. The predicted molar refractivity (Wildman–Crippen MR) is 80.3 cm³/mol. The molecule has 5 heteroatoms. The number of benzene rings is 1. The predicted octanol–water partition coefficient (Wildman–Crippen LogP) is 3.68. The van der Waals surface area contributed by atoms with Crippen molar-refractivity contribution in [3.63, 3.8) is 0 Å². The fourth-order valence-electron chi connectivity index (χ4n) is 1.65. The fraction of sp³-hybridized carbons (Fsp3) is 0.154. The molecular formula is C13H13BrN2OS. The lowest BCUT2D eigenvalue weighted by Crippen LogP contribution is -2.26. The number of hydrogen-bond acceptors (Lipinski definition) is 3. The average Bonchev–Trinajstić information content (AvgIpc) is 2.74. The minimum absolute atomic E-state index is 0.0397. The van der Waals surface area contributed by atoms with Crippen LogP contribution in [-0.2, 0) is 0 Å². The molecular weight excluding hydrogens is 312 g/mol. The SMILES string of the molecule is Cc1ccc(C(=O)N(C)c2ccc(Br)cc2N)s1. The lowest BCUT2D eigenvalue weighted by atomic mass is 10.2. The molecule has 2 N–H and O–H groups in total. The number of amides is 1. The number of hydrogen-bond donors (Lipinski definition) is 1. The third-order valence-corrected chi connectivity index (χ3v) is 4.09. The molecule has 18 heavy (non-hydrogen) atoms. The molecule has 0 fully saturated rings.